The standard InChI is InChI=1S/C11H17N5S/c1-8(4-5-17-3)16(2)11-9-6-14-15-10(9)12-7-13-11/h6-8H,4-5H2,1-3H3,(H,12,13,14,15). The maximum atomic E-state index is 4.36. The van der Waals surface area contributed by atoms with Crippen LogP contribution >= 0.6 is 11.8 Å². The Labute approximate surface area is 105 Å². The fourth-order valence-corrected chi connectivity index (χ4v) is 2.30. The van der Waals surface area contributed by atoms with Gasteiger partial charge in [-0.2, -0.15) is 16.9 Å². The Morgan fingerprint density at radius 2 is 2.29 bits per heavy atom. The van der Waals surface area contributed by atoms with Gasteiger partial charge in [-0.15, -0.1) is 0 Å². The van der Waals surface area contributed by atoms with E-state index in [2.05, 4.69) is 45.3 Å². The monoisotopic (exact) mass is 251 g/mol. The third-order valence-corrected chi connectivity index (χ3v) is 3.61. The summed E-state index contributed by atoms with van der Waals surface area (Å²) in [5.74, 6) is 2.10. The van der Waals surface area contributed by atoms with Crippen molar-refractivity contribution in [2.75, 3.05) is 24.0 Å². The molecule has 0 amide bonds. The van der Waals surface area contributed by atoms with Gasteiger partial charge in [0, 0.05) is 13.1 Å². The molecule has 0 saturated heterocycles. The van der Waals surface area contributed by atoms with Crippen LogP contribution in [0, 0.1) is 0 Å². The zero-order chi connectivity index (χ0) is 12.3. The van der Waals surface area contributed by atoms with Gasteiger partial charge in [0.2, 0.25) is 0 Å². The van der Waals surface area contributed by atoms with Crippen molar-refractivity contribution in [2.45, 2.75) is 19.4 Å². The average Bonchev–Trinajstić information content (AvgIpc) is 2.82. The van der Waals surface area contributed by atoms with Gasteiger partial charge in [0.05, 0.1) is 11.6 Å². The number of aromatic nitrogens is 4. The average molecular weight is 251 g/mol. The number of anilines is 1. The van der Waals surface area contributed by atoms with Crippen LogP contribution in [0.25, 0.3) is 11.0 Å². The highest BCUT2D eigenvalue weighted by Crippen LogP contribution is 2.22. The lowest BCUT2D eigenvalue weighted by molar-refractivity contribution is 0.664. The molecule has 0 radical (unpaired) electrons. The number of thioether (sulfide) groups is 1. The summed E-state index contributed by atoms with van der Waals surface area (Å²) >= 11 is 1.87. The Balaban J connectivity index is 2.23. The molecule has 1 N–H and O–H groups in total. The van der Waals surface area contributed by atoms with Gasteiger partial charge >= 0.3 is 0 Å². The van der Waals surface area contributed by atoms with Gasteiger partial charge in [0.15, 0.2) is 5.65 Å². The zero-order valence-corrected chi connectivity index (χ0v) is 11.2. The van der Waals surface area contributed by atoms with Crippen LogP contribution in [0.4, 0.5) is 5.82 Å². The topological polar surface area (TPSA) is 57.7 Å². The van der Waals surface area contributed by atoms with E-state index in [1.165, 1.54) is 0 Å². The quantitative estimate of drug-likeness (QED) is 0.880. The SMILES string of the molecule is CSCCC(C)N(C)c1ncnc2[nH]ncc12. The first-order valence-electron chi connectivity index (χ1n) is 5.60. The van der Waals surface area contributed by atoms with Crippen molar-refractivity contribution in [3.05, 3.63) is 12.5 Å². The summed E-state index contributed by atoms with van der Waals surface area (Å²) in [4.78, 5) is 10.7. The molecular weight excluding hydrogens is 234 g/mol. The molecule has 2 heterocycles. The van der Waals surface area contributed by atoms with E-state index >= 15 is 0 Å². The van der Waals surface area contributed by atoms with Crippen LogP contribution in [0.15, 0.2) is 12.5 Å². The molecule has 0 aliphatic heterocycles. The molecule has 2 aromatic heterocycles. The minimum absolute atomic E-state index is 0.454. The smallest absolute Gasteiger partial charge is 0.160 e. The number of rotatable bonds is 5. The van der Waals surface area contributed by atoms with E-state index in [0.29, 0.717) is 6.04 Å². The molecule has 92 valence electrons. The van der Waals surface area contributed by atoms with Crippen molar-refractivity contribution in [1.29, 1.82) is 0 Å². The highest BCUT2D eigenvalue weighted by Gasteiger charge is 2.14. The number of nitrogens with one attached hydrogen (secondary N) is 1. The molecule has 1 atom stereocenters. The van der Waals surface area contributed by atoms with Crippen molar-refractivity contribution in [3.8, 4) is 0 Å². The second-order valence-electron chi connectivity index (χ2n) is 4.07. The van der Waals surface area contributed by atoms with Crippen LogP contribution in [0.5, 0.6) is 0 Å². The number of aromatic amines is 1. The molecule has 2 rings (SSSR count). The van der Waals surface area contributed by atoms with Gasteiger partial charge < -0.3 is 4.90 Å². The molecule has 2 aromatic rings. The number of hydrogen-bond donors (Lipinski definition) is 1. The number of fused-ring (bicyclic) bond motifs is 1. The predicted molar refractivity (Wildman–Crippen MR) is 72.5 cm³/mol. The minimum atomic E-state index is 0.454. The second kappa shape index (κ2) is 5.35. The molecule has 1 unspecified atom stereocenters. The summed E-state index contributed by atoms with van der Waals surface area (Å²) in [6, 6.07) is 0.454. The lowest BCUT2D eigenvalue weighted by atomic mass is 10.2. The van der Waals surface area contributed by atoms with E-state index in [-0.39, 0.29) is 0 Å². The van der Waals surface area contributed by atoms with Crippen molar-refractivity contribution >= 4 is 28.6 Å². The van der Waals surface area contributed by atoms with Crippen LogP contribution in [-0.4, -0.2) is 45.3 Å². The first-order valence-corrected chi connectivity index (χ1v) is 6.99. The predicted octanol–water partition coefficient (Wildman–Crippen LogP) is 1.93. The molecular formula is C11H17N5S. The Kier molecular flexibility index (Phi) is 3.83. The van der Waals surface area contributed by atoms with E-state index in [1.807, 2.05) is 11.8 Å². The van der Waals surface area contributed by atoms with E-state index in [1.54, 1.807) is 12.5 Å². The van der Waals surface area contributed by atoms with Gasteiger partial charge in [-0.1, -0.05) is 0 Å². The summed E-state index contributed by atoms with van der Waals surface area (Å²) in [5.41, 5.74) is 0.791. The molecule has 6 heteroatoms. The minimum Gasteiger partial charge on any atom is -0.356 e. The van der Waals surface area contributed by atoms with Crippen LogP contribution in [0.2, 0.25) is 0 Å². The van der Waals surface area contributed by atoms with Crippen LogP contribution in [0.3, 0.4) is 0 Å². The lowest BCUT2D eigenvalue weighted by Gasteiger charge is -2.25. The second-order valence-corrected chi connectivity index (χ2v) is 5.06. The fraction of sp³-hybridized carbons (Fsp3) is 0.545. The Morgan fingerprint density at radius 3 is 3.06 bits per heavy atom. The van der Waals surface area contributed by atoms with Crippen LogP contribution in [0.1, 0.15) is 13.3 Å². The normalized spacial score (nSPS) is 12.9. The van der Waals surface area contributed by atoms with E-state index in [4.69, 9.17) is 0 Å². The first-order chi connectivity index (χ1) is 8.24. The first kappa shape index (κ1) is 12.2. The third kappa shape index (κ3) is 2.52. The zero-order valence-electron chi connectivity index (χ0n) is 10.3. The highest BCUT2D eigenvalue weighted by atomic mass is 32.2. The summed E-state index contributed by atoms with van der Waals surface area (Å²) in [7, 11) is 2.07. The molecule has 17 heavy (non-hydrogen) atoms. The van der Waals surface area contributed by atoms with Crippen molar-refractivity contribution in [1.82, 2.24) is 20.2 Å². The Hall–Kier alpha value is -1.30. The molecule has 0 saturated carbocycles. The molecule has 0 aliphatic rings. The lowest BCUT2D eigenvalue weighted by Crippen LogP contribution is -2.30. The maximum Gasteiger partial charge on any atom is 0.160 e. The molecule has 0 aromatic carbocycles. The largest absolute Gasteiger partial charge is 0.356 e. The van der Waals surface area contributed by atoms with E-state index in [9.17, 15) is 0 Å². The van der Waals surface area contributed by atoms with Gasteiger partial charge in [-0.25, -0.2) is 9.97 Å². The molecule has 0 spiro atoms. The third-order valence-electron chi connectivity index (χ3n) is 2.96. The van der Waals surface area contributed by atoms with Gasteiger partial charge in [-0.05, 0) is 25.4 Å². The Morgan fingerprint density at radius 1 is 1.47 bits per heavy atom. The molecule has 0 aliphatic carbocycles. The summed E-state index contributed by atoms with van der Waals surface area (Å²) in [6.45, 7) is 2.21. The summed E-state index contributed by atoms with van der Waals surface area (Å²) < 4.78 is 0. The van der Waals surface area contributed by atoms with E-state index < -0.39 is 0 Å². The van der Waals surface area contributed by atoms with Gasteiger partial charge in [-0.3, -0.25) is 5.10 Å². The maximum absolute atomic E-state index is 4.36. The number of hydrogen-bond acceptors (Lipinski definition) is 5. The Bertz CT molecular complexity index is 483. The summed E-state index contributed by atoms with van der Waals surface area (Å²) in [5, 5.41) is 7.85. The van der Waals surface area contributed by atoms with Gasteiger partial charge in [0.25, 0.3) is 0 Å². The number of nitrogens with zero attached hydrogens (tertiary/aromatic N) is 4. The fourth-order valence-electron chi connectivity index (χ4n) is 1.72. The van der Waals surface area contributed by atoms with Crippen molar-refractivity contribution in [2.24, 2.45) is 0 Å². The molecule has 0 fully saturated rings. The molecule has 0 bridgehead atoms. The summed E-state index contributed by atoms with van der Waals surface area (Å²) in [6.07, 6.45) is 6.63. The van der Waals surface area contributed by atoms with E-state index in [0.717, 1.165) is 29.0 Å². The van der Waals surface area contributed by atoms with Crippen molar-refractivity contribution < 1.29 is 0 Å². The van der Waals surface area contributed by atoms with Gasteiger partial charge in [0.1, 0.15) is 12.1 Å². The van der Waals surface area contributed by atoms with Crippen LogP contribution < -0.4 is 4.90 Å². The van der Waals surface area contributed by atoms with Crippen LogP contribution in [-0.2, 0) is 0 Å². The number of H-pyrrole nitrogens is 1. The van der Waals surface area contributed by atoms with Crippen molar-refractivity contribution in [3.63, 3.8) is 0 Å². The highest BCUT2D eigenvalue weighted by molar-refractivity contribution is 7.98. The molecule has 5 nitrogen and oxygen atoms in total.